The third kappa shape index (κ3) is 3.96. The third-order valence-electron chi connectivity index (χ3n) is 3.03. The molecule has 7 heteroatoms. The second-order valence-electron chi connectivity index (χ2n) is 4.68. The monoisotopic (exact) mass is 323 g/mol. The Morgan fingerprint density at radius 2 is 2.21 bits per heavy atom. The predicted molar refractivity (Wildman–Crippen MR) is 87.6 cm³/mol. The molecule has 2 aromatic rings. The van der Waals surface area contributed by atoms with Crippen molar-refractivity contribution >= 4 is 17.7 Å². The molecular weight excluding hydrogens is 310 g/mol. The van der Waals surface area contributed by atoms with Crippen LogP contribution in [0.3, 0.4) is 0 Å². The van der Waals surface area contributed by atoms with Crippen molar-refractivity contribution in [2.45, 2.75) is 0 Å². The molecule has 0 spiro atoms. The molecule has 7 nitrogen and oxygen atoms in total. The fraction of sp³-hybridized carbons (Fsp3) is 0.0588. The number of hydrogen-bond donors (Lipinski definition) is 1. The van der Waals surface area contributed by atoms with E-state index in [-0.39, 0.29) is 17.8 Å². The molecule has 0 aliphatic rings. The van der Waals surface area contributed by atoms with Crippen LogP contribution in [0.5, 0.6) is 0 Å². The standard InChI is InChI=1S/C17H13N3O4/c1-2-8-19-17(21)13(11-18)10-15-6-7-16(24-15)12-4-3-5-14(9-12)20(22)23/h2-7,9-10H,1,8H2,(H,19,21)/b13-10+. The number of carbonyl (C=O) groups is 1. The first-order chi connectivity index (χ1) is 11.5. The van der Waals surface area contributed by atoms with Crippen molar-refractivity contribution < 1.29 is 14.1 Å². The normalized spacial score (nSPS) is 10.7. The maximum absolute atomic E-state index is 11.8. The zero-order valence-electron chi connectivity index (χ0n) is 12.6. The fourth-order valence-corrected chi connectivity index (χ4v) is 1.91. The SMILES string of the molecule is C=CCNC(=O)/C(C#N)=C/c1ccc(-c2cccc([N+](=O)[O-])c2)o1. The van der Waals surface area contributed by atoms with Gasteiger partial charge in [-0.05, 0) is 12.1 Å². The zero-order valence-corrected chi connectivity index (χ0v) is 12.6. The average Bonchev–Trinajstić information content (AvgIpc) is 3.06. The first-order valence-corrected chi connectivity index (χ1v) is 6.90. The third-order valence-corrected chi connectivity index (χ3v) is 3.03. The van der Waals surface area contributed by atoms with E-state index >= 15 is 0 Å². The highest BCUT2D eigenvalue weighted by Gasteiger charge is 2.12. The second-order valence-corrected chi connectivity index (χ2v) is 4.68. The van der Waals surface area contributed by atoms with E-state index in [0.717, 1.165) is 0 Å². The van der Waals surface area contributed by atoms with E-state index in [0.29, 0.717) is 17.1 Å². The number of rotatable bonds is 6. The minimum absolute atomic E-state index is 0.0532. The smallest absolute Gasteiger partial charge is 0.270 e. The molecule has 1 aromatic heterocycles. The number of amides is 1. The molecule has 0 bridgehead atoms. The van der Waals surface area contributed by atoms with Crippen LogP contribution in [-0.2, 0) is 4.79 Å². The Bertz CT molecular complexity index is 859. The number of nitro groups is 1. The van der Waals surface area contributed by atoms with Gasteiger partial charge in [-0.25, -0.2) is 0 Å². The van der Waals surface area contributed by atoms with Gasteiger partial charge in [-0.3, -0.25) is 14.9 Å². The molecule has 120 valence electrons. The number of benzene rings is 1. The summed E-state index contributed by atoms with van der Waals surface area (Å²) in [6.45, 7) is 3.72. The Balaban J connectivity index is 2.27. The molecule has 0 radical (unpaired) electrons. The van der Waals surface area contributed by atoms with E-state index < -0.39 is 10.8 Å². The number of carbonyl (C=O) groups excluding carboxylic acids is 1. The summed E-state index contributed by atoms with van der Waals surface area (Å²) in [5, 5.41) is 22.4. The average molecular weight is 323 g/mol. The van der Waals surface area contributed by atoms with E-state index in [9.17, 15) is 14.9 Å². The lowest BCUT2D eigenvalue weighted by atomic mass is 10.1. The van der Waals surface area contributed by atoms with E-state index in [2.05, 4.69) is 11.9 Å². The Morgan fingerprint density at radius 3 is 2.88 bits per heavy atom. The summed E-state index contributed by atoms with van der Waals surface area (Å²) in [5.41, 5.74) is 0.359. The van der Waals surface area contributed by atoms with Gasteiger partial charge in [-0.1, -0.05) is 18.2 Å². The summed E-state index contributed by atoms with van der Waals surface area (Å²) < 4.78 is 5.54. The van der Waals surface area contributed by atoms with Gasteiger partial charge in [0.05, 0.1) is 4.92 Å². The van der Waals surface area contributed by atoms with Gasteiger partial charge in [0.1, 0.15) is 23.2 Å². The van der Waals surface area contributed by atoms with Crippen LogP contribution in [0.1, 0.15) is 5.76 Å². The highest BCUT2D eigenvalue weighted by molar-refractivity contribution is 6.01. The molecular formula is C17H13N3O4. The summed E-state index contributed by atoms with van der Waals surface area (Å²) in [6, 6.07) is 11.0. The number of furan rings is 1. The Morgan fingerprint density at radius 1 is 1.42 bits per heavy atom. The highest BCUT2D eigenvalue weighted by atomic mass is 16.6. The zero-order chi connectivity index (χ0) is 17.5. The lowest BCUT2D eigenvalue weighted by Crippen LogP contribution is -2.24. The van der Waals surface area contributed by atoms with Gasteiger partial charge in [-0.15, -0.1) is 6.58 Å². The van der Waals surface area contributed by atoms with Gasteiger partial charge in [0.2, 0.25) is 0 Å². The van der Waals surface area contributed by atoms with Gasteiger partial charge in [0.15, 0.2) is 0 Å². The van der Waals surface area contributed by atoms with Gasteiger partial charge in [0.25, 0.3) is 11.6 Å². The molecule has 1 N–H and O–H groups in total. The highest BCUT2D eigenvalue weighted by Crippen LogP contribution is 2.26. The summed E-state index contributed by atoms with van der Waals surface area (Å²) in [6.07, 6.45) is 2.81. The summed E-state index contributed by atoms with van der Waals surface area (Å²) in [5.74, 6) is 0.154. The van der Waals surface area contributed by atoms with Crippen molar-refractivity contribution in [1.29, 1.82) is 5.26 Å². The van der Waals surface area contributed by atoms with Crippen molar-refractivity contribution in [1.82, 2.24) is 5.32 Å². The number of non-ortho nitro benzene ring substituents is 1. The first-order valence-electron chi connectivity index (χ1n) is 6.90. The molecule has 0 saturated carbocycles. The lowest BCUT2D eigenvalue weighted by molar-refractivity contribution is -0.384. The van der Waals surface area contributed by atoms with Crippen molar-refractivity contribution in [3.05, 3.63) is 70.5 Å². The second kappa shape index (κ2) is 7.56. The first kappa shape index (κ1) is 16.7. The van der Waals surface area contributed by atoms with Gasteiger partial charge in [-0.2, -0.15) is 5.26 Å². The van der Waals surface area contributed by atoms with Crippen molar-refractivity contribution in [2.24, 2.45) is 0 Å². The Hall–Kier alpha value is -3.66. The molecule has 2 rings (SSSR count). The summed E-state index contributed by atoms with van der Waals surface area (Å²) >= 11 is 0. The maximum Gasteiger partial charge on any atom is 0.270 e. The number of hydrogen-bond acceptors (Lipinski definition) is 5. The topological polar surface area (TPSA) is 109 Å². The van der Waals surface area contributed by atoms with Gasteiger partial charge in [0, 0.05) is 30.3 Å². The van der Waals surface area contributed by atoms with Crippen LogP contribution in [0.25, 0.3) is 17.4 Å². The van der Waals surface area contributed by atoms with Crippen LogP contribution in [-0.4, -0.2) is 17.4 Å². The van der Waals surface area contributed by atoms with Crippen LogP contribution in [0.2, 0.25) is 0 Å². The molecule has 24 heavy (non-hydrogen) atoms. The minimum atomic E-state index is -0.536. The summed E-state index contributed by atoms with van der Waals surface area (Å²) in [4.78, 5) is 22.1. The Kier molecular flexibility index (Phi) is 5.26. The van der Waals surface area contributed by atoms with Crippen molar-refractivity contribution in [3.63, 3.8) is 0 Å². The molecule has 0 aliphatic carbocycles. The molecule has 1 aromatic carbocycles. The van der Waals surface area contributed by atoms with Crippen LogP contribution < -0.4 is 5.32 Å². The fourth-order valence-electron chi connectivity index (χ4n) is 1.91. The predicted octanol–water partition coefficient (Wildman–Crippen LogP) is 3.06. The minimum Gasteiger partial charge on any atom is -0.457 e. The largest absolute Gasteiger partial charge is 0.457 e. The molecule has 0 atom stereocenters. The van der Waals surface area contributed by atoms with Crippen LogP contribution >= 0.6 is 0 Å². The van der Waals surface area contributed by atoms with Crippen molar-refractivity contribution in [2.75, 3.05) is 6.54 Å². The van der Waals surface area contributed by atoms with Crippen LogP contribution in [0.15, 0.2) is 59.0 Å². The Labute approximate surface area is 137 Å². The molecule has 0 fully saturated rings. The van der Waals surface area contributed by atoms with E-state index in [1.807, 2.05) is 0 Å². The number of nitriles is 1. The van der Waals surface area contributed by atoms with E-state index in [4.69, 9.17) is 9.68 Å². The summed E-state index contributed by atoms with van der Waals surface area (Å²) in [7, 11) is 0. The lowest BCUT2D eigenvalue weighted by Gasteiger charge is -1.99. The van der Waals surface area contributed by atoms with E-state index in [1.165, 1.54) is 24.3 Å². The maximum atomic E-state index is 11.8. The van der Waals surface area contributed by atoms with Crippen LogP contribution in [0.4, 0.5) is 5.69 Å². The van der Waals surface area contributed by atoms with Crippen LogP contribution in [0, 0.1) is 21.4 Å². The van der Waals surface area contributed by atoms with E-state index in [1.54, 1.807) is 30.3 Å². The molecule has 1 amide bonds. The van der Waals surface area contributed by atoms with Gasteiger partial charge >= 0.3 is 0 Å². The van der Waals surface area contributed by atoms with Gasteiger partial charge < -0.3 is 9.73 Å². The molecule has 1 heterocycles. The quantitative estimate of drug-likeness (QED) is 0.289. The molecule has 0 aliphatic heterocycles. The number of nitro benzene ring substituents is 1. The number of nitrogens with one attached hydrogen (secondary N) is 1. The van der Waals surface area contributed by atoms with Crippen molar-refractivity contribution in [3.8, 4) is 17.4 Å². The molecule has 0 saturated heterocycles. The number of nitrogens with zero attached hydrogens (tertiary/aromatic N) is 2. The molecule has 0 unspecified atom stereocenters.